The molecular formula is C15H15N5O2S. The maximum Gasteiger partial charge on any atom is 0.211 e. The average Bonchev–Trinajstić information content (AvgIpc) is 3.14. The average molecular weight is 329 g/mol. The first kappa shape index (κ1) is 14.3. The number of pyridine rings is 1. The van der Waals surface area contributed by atoms with Gasteiger partial charge in [0.05, 0.1) is 23.7 Å². The molecule has 8 heteroatoms. The van der Waals surface area contributed by atoms with Gasteiger partial charge in [0, 0.05) is 30.1 Å². The Labute approximate surface area is 133 Å². The van der Waals surface area contributed by atoms with Crippen LogP contribution in [0.1, 0.15) is 11.5 Å². The van der Waals surface area contributed by atoms with Crippen LogP contribution in [-0.2, 0) is 10.0 Å². The standard InChI is InChI=1S/C15H15N5O2S/c1-9-18-12-7-17-15-11(3-5-16-15)13(12)14(19-9)10-4-6-20(8-10)23(2,21)22/h3-5,7H,6,8H2,1-2H3,(H,16,17). The van der Waals surface area contributed by atoms with Gasteiger partial charge in [-0.15, -0.1) is 0 Å². The van der Waals surface area contributed by atoms with E-state index in [4.69, 9.17) is 0 Å². The molecule has 0 spiro atoms. The van der Waals surface area contributed by atoms with Crippen LogP contribution in [-0.4, -0.2) is 52.0 Å². The quantitative estimate of drug-likeness (QED) is 0.769. The molecule has 0 atom stereocenters. The zero-order valence-electron chi connectivity index (χ0n) is 12.7. The molecule has 1 aliphatic heterocycles. The summed E-state index contributed by atoms with van der Waals surface area (Å²) in [6.45, 7) is 2.53. The number of H-pyrrole nitrogens is 1. The number of aromatic nitrogens is 4. The van der Waals surface area contributed by atoms with E-state index < -0.39 is 10.0 Å². The third kappa shape index (κ3) is 2.30. The number of rotatable bonds is 2. The van der Waals surface area contributed by atoms with Crippen molar-refractivity contribution < 1.29 is 8.42 Å². The lowest BCUT2D eigenvalue weighted by Gasteiger charge is -2.13. The summed E-state index contributed by atoms with van der Waals surface area (Å²) < 4.78 is 24.9. The Morgan fingerprint density at radius 1 is 1.30 bits per heavy atom. The molecule has 0 radical (unpaired) electrons. The highest BCUT2D eigenvalue weighted by Gasteiger charge is 2.25. The van der Waals surface area contributed by atoms with Crippen LogP contribution in [0.15, 0.2) is 24.5 Å². The number of sulfonamides is 1. The number of nitrogens with one attached hydrogen (secondary N) is 1. The largest absolute Gasteiger partial charge is 0.346 e. The van der Waals surface area contributed by atoms with E-state index in [1.165, 1.54) is 10.6 Å². The molecule has 0 fully saturated rings. The van der Waals surface area contributed by atoms with Gasteiger partial charge in [0.15, 0.2) is 0 Å². The summed E-state index contributed by atoms with van der Waals surface area (Å²) in [7, 11) is -3.22. The van der Waals surface area contributed by atoms with Gasteiger partial charge in [0.2, 0.25) is 10.0 Å². The Morgan fingerprint density at radius 2 is 2.13 bits per heavy atom. The van der Waals surface area contributed by atoms with Gasteiger partial charge >= 0.3 is 0 Å². The van der Waals surface area contributed by atoms with E-state index in [0.717, 1.165) is 33.2 Å². The summed E-state index contributed by atoms with van der Waals surface area (Å²) in [5.41, 5.74) is 3.22. The van der Waals surface area contributed by atoms with Crippen molar-refractivity contribution in [1.82, 2.24) is 24.2 Å². The van der Waals surface area contributed by atoms with Gasteiger partial charge in [0.25, 0.3) is 0 Å². The Morgan fingerprint density at radius 3 is 2.87 bits per heavy atom. The number of hydrogen-bond acceptors (Lipinski definition) is 5. The zero-order valence-corrected chi connectivity index (χ0v) is 13.6. The van der Waals surface area contributed by atoms with Crippen molar-refractivity contribution >= 4 is 37.5 Å². The summed E-state index contributed by atoms with van der Waals surface area (Å²) in [6, 6.07) is 1.94. The van der Waals surface area contributed by atoms with Crippen LogP contribution in [0.4, 0.5) is 0 Å². The molecule has 4 rings (SSSR count). The molecule has 7 nitrogen and oxygen atoms in total. The van der Waals surface area contributed by atoms with Crippen LogP contribution in [0.5, 0.6) is 0 Å². The van der Waals surface area contributed by atoms with Gasteiger partial charge in [-0.1, -0.05) is 6.08 Å². The molecule has 4 heterocycles. The van der Waals surface area contributed by atoms with Gasteiger partial charge in [-0.05, 0) is 18.6 Å². The first-order valence-electron chi connectivity index (χ1n) is 7.18. The first-order valence-corrected chi connectivity index (χ1v) is 9.03. The smallest absolute Gasteiger partial charge is 0.211 e. The minimum atomic E-state index is -3.22. The lowest BCUT2D eigenvalue weighted by atomic mass is 10.1. The van der Waals surface area contributed by atoms with Crippen molar-refractivity contribution in [2.45, 2.75) is 6.92 Å². The number of aryl methyl sites for hydroxylation is 1. The van der Waals surface area contributed by atoms with Gasteiger partial charge < -0.3 is 4.98 Å². The third-order valence-corrected chi connectivity index (χ3v) is 5.24. The maximum absolute atomic E-state index is 11.8. The summed E-state index contributed by atoms with van der Waals surface area (Å²) in [5.74, 6) is 0.642. The fourth-order valence-corrected chi connectivity index (χ4v) is 3.65. The molecule has 0 amide bonds. The fraction of sp³-hybridized carbons (Fsp3) is 0.267. The second kappa shape index (κ2) is 4.84. The molecule has 0 saturated heterocycles. The SMILES string of the molecule is Cc1nc(C2=CCN(S(C)(=O)=O)C2)c2c(cnc3[nH]ccc32)n1. The molecule has 0 aromatic carbocycles. The van der Waals surface area contributed by atoms with E-state index in [0.29, 0.717) is 18.9 Å². The highest BCUT2D eigenvalue weighted by molar-refractivity contribution is 7.88. The molecule has 0 saturated carbocycles. The van der Waals surface area contributed by atoms with Crippen molar-refractivity contribution in [3.05, 3.63) is 36.1 Å². The van der Waals surface area contributed by atoms with E-state index >= 15 is 0 Å². The van der Waals surface area contributed by atoms with Gasteiger partial charge in [-0.25, -0.2) is 23.4 Å². The lowest BCUT2D eigenvalue weighted by molar-refractivity contribution is 0.496. The van der Waals surface area contributed by atoms with Gasteiger partial charge in [-0.3, -0.25) is 0 Å². The van der Waals surface area contributed by atoms with Crippen molar-refractivity contribution in [2.24, 2.45) is 0 Å². The number of hydrogen-bond donors (Lipinski definition) is 1. The minimum absolute atomic E-state index is 0.332. The Bertz CT molecular complexity index is 1070. The molecular weight excluding hydrogens is 314 g/mol. The maximum atomic E-state index is 11.8. The van der Waals surface area contributed by atoms with Crippen LogP contribution in [0, 0.1) is 6.92 Å². The highest BCUT2D eigenvalue weighted by atomic mass is 32.2. The number of fused-ring (bicyclic) bond motifs is 3. The van der Waals surface area contributed by atoms with Crippen molar-refractivity contribution in [3.63, 3.8) is 0 Å². The molecule has 1 N–H and O–H groups in total. The number of aromatic amines is 1. The molecule has 118 valence electrons. The number of nitrogens with zero attached hydrogens (tertiary/aromatic N) is 4. The highest BCUT2D eigenvalue weighted by Crippen LogP contribution is 2.31. The molecule has 3 aromatic rings. The Kier molecular flexibility index (Phi) is 3.00. The molecule has 1 aliphatic rings. The second-order valence-electron chi connectivity index (χ2n) is 5.66. The molecule has 3 aromatic heterocycles. The van der Waals surface area contributed by atoms with E-state index in [1.54, 1.807) is 6.20 Å². The normalized spacial score (nSPS) is 16.3. The lowest BCUT2D eigenvalue weighted by Crippen LogP contribution is -2.27. The Hall–Kier alpha value is -2.32. The predicted molar refractivity (Wildman–Crippen MR) is 88.3 cm³/mol. The van der Waals surface area contributed by atoms with Crippen LogP contribution in [0.3, 0.4) is 0 Å². The summed E-state index contributed by atoms with van der Waals surface area (Å²) >= 11 is 0. The predicted octanol–water partition coefficient (Wildman–Crippen LogP) is 1.47. The third-order valence-electron chi connectivity index (χ3n) is 4.02. The van der Waals surface area contributed by atoms with Gasteiger partial charge in [0.1, 0.15) is 11.5 Å². The first-order chi connectivity index (χ1) is 10.9. The van der Waals surface area contributed by atoms with Crippen LogP contribution in [0.2, 0.25) is 0 Å². The van der Waals surface area contributed by atoms with E-state index in [9.17, 15) is 8.42 Å². The van der Waals surface area contributed by atoms with Gasteiger partial charge in [-0.2, -0.15) is 4.31 Å². The Balaban J connectivity index is 1.95. The van der Waals surface area contributed by atoms with Crippen LogP contribution in [0.25, 0.3) is 27.5 Å². The second-order valence-corrected chi connectivity index (χ2v) is 7.65. The molecule has 0 unspecified atom stereocenters. The van der Waals surface area contributed by atoms with Crippen molar-refractivity contribution in [1.29, 1.82) is 0 Å². The molecule has 0 aliphatic carbocycles. The van der Waals surface area contributed by atoms with Crippen molar-refractivity contribution in [3.8, 4) is 0 Å². The van der Waals surface area contributed by atoms with E-state index in [-0.39, 0.29) is 0 Å². The minimum Gasteiger partial charge on any atom is -0.346 e. The monoisotopic (exact) mass is 329 g/mol. The topological polar surface area (TPSA) is 91.8 Å². The molecule has 0 bridgehead atoms. The van der Waals surface area contributed by atoms with E-state index in [1.807, 2.05) is 25.3 Å². The van der Waals surface area contributed by atoms with E-state index in [2.05, 4.69) is 19.9 Å². The van der Waals surface area contributed by atoms with Crippen molar-refractivity contribution in [2.75, 3.05) is 19.3 Å². The van der Waals surface area contributed by atoms with Crippen LogP contribution < -0.4 is 0 Å². The fourth-order valence-electron chi connectivity index (χ4n) is 2.94. The molecule has 23 heavy (non-hydrogen) atoms. The summed E-state index contributed by atoms with van der Waals surface area (Å²) in [5, 5.41) is 1.85. The zero-order chi connectivity index (χ0) is 16.2. The summed E-state index contributed by atoms with van der Waals surface area (Å²) in [6.07, 6.45) is 6.69. The van der Waals surface area contributed by atoms with Crippen LogP contribution >= 0.6 is 0 Å². The summed E-state index contributed by atoms with van der Waals surface area (Å²) in [4.78, 5) is 16.5.